The highest BCUT2D eigenvalue weighted by atomic mass is 35.5. The lowest BCUT2D eigenvalue weighted by molar-refractivity contribution is -0.114. The molecule has 0 aliphatic carbocycles. The summed E-state index contributed by atoms with van der Waals surface area (Å²) >= 11 is 18.7. The van der Waals surface area contributed by atoms with Crippen molar-refractivity contribution in [2.24, 2.45) is 5.41 Å². The number of aromatic nitrogens is 1. The first-order chi connectivity index (χ1) is 14.7. The average Bonchev–Trinajstić information content (AvgIpc) is 3.02. The van der Waals surface area contributed by atoms with Crippen molar-refractivity contribution < 1.29 is 9.21 Å². The molecule has 0 amide bonds. The Labute approximate surface area is 194 Å². The monoisotopic (exact) mass is 472 g/mol. The fourth-order valence-corrected chi connectivity index (χ4v) is 4.04. The molecule has 4 aromatic rings. The van der Waals surface area contributed by atoms with Gasteiger partial charge in [-0.2, -0.15) is 0 Å². The standard InChI is InChI=1S/C24H19Cl3N2O2/c1-24(2,12-30)11-20-21(28)18-10-17(13-3-5-14(25)6-4-13)22(29-23(18)31-20)16-8-7-15(26)9-19(16)27/h3-10,12H,11,28H2,1-2H3. The van der Waals surface area contributed by atoms with E-state index in [1.165, 1.54) is 0 Å². The summed E-state index contributed by atoms with van der Waals surface area (Å²) in [5.41, 5.74) is 9.71. The summed E-state index contributed by atoms with van der Waals surface area (Å²) in [5.74, 6) is 0.529. The summed E-state index contributed by atoms with van der Waals surface area (Å²) < 4.78 is 5.99. The van der Waals surface area contributed by atoms with E-state index in [0.29, 0.717) is 55.3 Å². The Morgan fingerprint density at radius 3 is 2.32 bits per heavy atom. The number of hydrogen-bond acceptors (Lipinski definition) is 4. The number of fused-ring (bicyclic) bond motifs is 1. The molecule has 0 saturated carbocycles. The summed E-state index contributed by atoms with van der Waals surface area (Å²) in [6.07, 6.45) is 1.26. The Hall–Kier alpha value is -2.53. The van der Waals surface area contributed by atoms with E-state index in [2.05, 4.69) is 0 Å². The third-order valence-electron chi connectivity index (χ3n) is 5.07. The molecular weight excluding hydrogens is 455 g/mol. The zero-order valence-electron chi connectivity index (χ0n) is 16.9. The first-order valence-electron chi connectivity index (χ1n) is 9.58. The summed E-state index contributed by atoms with van der Waals surface area (Å²) in [5, 5.41) is 2.31. The van der Waals surface area contributed by atoms with E-state index in [-0.39, 0.29) is 0 Å². The molecule has 4 nitrogen and oxygen atoms in total. The Bertz CT molecular complexity index is 1290. The van der Waals surface area contributed by atoms with Crippen LogP contribution >= 0.6 is 34.8 Å². The number of halogens is 3. The normalized spacial score (nSPS) is 11.8. The Morgan fingerprint density at radius 2 is 1.68 bits per heavy atom. The van der Waals surface area contributed by atoms with Crippen molar-refractivity contribution in [2.45, 2.75) is 20.3 Å². The van der Waals surface area contributed by atoms with Crippen LogP contribution in [0.15, 0.2) is 52.9 Å². The molecule has 0 atom stereocenters. The molecule has 2 aromatic carbocycles. The first-order valence-corrected chi connectivity index (χ1v) is 10.7. The second kappa shape index (κ2) is 8.19. The molecule has 0 radical (unpaired) electrons. The highest BCUT2D eigenvalue weighted by Gasteiger charge is 2.25. The number of benzene rings is 2. The van der Waals surface area contributed by atoms with Crippen LogP contribution in [0, 0.1) is 5.41 Å². The van der Waals surface area contributed by atoms with Crippen LogP contribution < -0.4 is 5.73 Å². The molecule has 0 bridgehead atoms. The zero-order valence-corrected chi connectivity index (χ0v) is 19.1. The summed E-state index contributed by atoms with van der Waals surface area (Å²) in [6.45, 7) is 3.66. The van der Waals surface area contributed by atoms with E-state index >= 15 is 0 Å². The average molecular weight is 474 g/mol. The van der Waals surface area contributed by atoms with Crippen LogP contribution in [0.5, 0.6) is 0 Å². The maximum Gasteiger partial charge on any atom is 0.229 e. The van der Waals surface area contributed by atoms with Crippen LogP contribution in [0.25, 0.3) is 33.5 Å². The quantitative estimate of drug-likeness (QED) is 0.305. The van der Waals surface area contributed by atoms with E-state index in [0.717, 1.165) is 17.4 Å². The molecule has 0 fully saturated rings. The fraction of sp³-hybridized carbons (Fsp3) is 0.167. The van der Waals surface area contributed by atoms with Crippen LogP contribution in [0.4, 0.5) is 5.69 Å². The number of hydrogen-bond donors (Lipinski definition) is 1. The van der Waals surface area contributed by atoms with Gasteiger partial charge in [-0.15, -0.1) is 0 Å². The van der Waals surface area contributed by atoms with Gasteiger partial charge in [0.15, 0.2) is 0 Å². The molecule has 0 saturated heterocycles. The van der Waals surface area contributed by atoms with Gasteiger partial charge in [0.2, 0.25) is 5.71 Å². The summed E-state index contributed by atoms with van der Waals surface area (Å²) in [6, 6.07) is 14.6. The van der Waals surface area contributed by atoms with Gasteiger partial charge in [0.25, 0.3) is 0 Å². The molecule has 2 N–H and O–H groups in total. The predicted molar refractivity (Wildman–Crippen MR) is 128 cm³/mol. The lowest BCUT2D eigenvalue weighted by Gasteiger charge is -2.14. The van der Waals surface area contributed by atoms with Crippen LogP contribution in [0.1, 0.15) is 19.6 Å². The molecule has 7 heteroatoms. The molecule has 4 rings (SSSR count). The molecule has 0 unspecified atom stereocenters. The lowest BCUT2D eigenvalue weighted by atomic mass is 9.89. The Balaban J connectivity index is 1.98. The van der Waals surface area contributed by atoms with Gasteiger partial charge >= 0.3 is 0 Å². The minimum Gasteiger partial charge on any atom is -0.440 e. The highest BCUT2D eigenvalue weighted by Crippen LogP contribution is 2.41. The van der Waals surface area contributed by atoms with Gasteiger partial charge in [0, 0.05) is 33.0 Å². The van der Waals surface area contributed by atoms with Gasteiger partial charge < -0.3 is 14.9 Å². The van der Waals surface area contributed by atoms with Crippen molar-refractivity contribution in [2.75, 3.05) is 5.73 Å². The van der Waals surface area contributed by atoms with Gasteiger partial charge in [-0.25, -0.2) is 4.98 Å². The van der Waals surface area contributed by atoms with Crippen LogP contribution in [-0.4, -0.2) is 11.3 Å². The minimum atomic E-state index is -0.608. The van der Waals surface area contributed by atoms with E-state index in [4.69, 9.17) is 49.9 Å². The molecule has 158 valence electrons. The van der Waals surface area contributed by atoms with Crippen molar-refractivity contribution >= 4 is 57.9 Å². The number of nitrogen functional groups attached to an aromatic ring is 1. The topological polar surface area (TPSA) is 69.1 Å². The van der Waals surface area contributed by atoms with E-state index < -0.39 is 5.41 Å². The number of rotatable bonds is 5. The number of pyridine rings is 1. The van der Waals surface area contributed by atoms with Crippen molar-refractivity contribution in [3.8, 4) is 22.4 Å². The van der Waals surface area contributed by atoms with E-state index in [1.54, 1.807) is 12.1 Å². The molecule has 2 aromatic heterocycles. The SMILES string of the molecule is CC(C)(C=O)Cc1oc2nc(-c3ccc(Cl)cc3Cl)c(-c3ccc(Cl)cc3)cc2c1N. The second-order valence-corrected chi connectivity index (χ2v) is 9.37. The lowest BCUT2D eigenvalue weighted by Crippen LogP contribution is -2.16. The van der Waals surface area contributed by atoms with Crippen molar-refractivity contribution in [1.82, 2.24) is 4.98 Å². The van der Waals surface area contributed by atoms with E-state index in [1.807, 2.05) is 50.2 Å². The van der Waals surface area contributed by atoms with Crippen molar-refractivity contribution in [3.05, 3.63) is 69.4 Å². The molecule has 0 aliphatic heterocycles. The van der Waals surface area contributed by atoms with Crippen LogP contribution in [-0.2, 0) is 11.2 Å². The largest absolute Gasteiger partial charge is 0.440 e. The summed E-state index contributed by atoms with van der Waals surface area (Å²) in [7, 11) is 0. The molecule has 0 aliphatic rings. The van der Waals surface area contributed by atoms with Gasteiger partial charge in [-0.1, -0.05) is 60.8 Å². The Morgan fingerprint density at radius 1 is 1.00 bits per heavy atom. The third-order valence-corrected chi connectivity index (χ3v) is 5.87. The number of anilines is 1. The minimum absolute atomic E-state index is 0.367. The highest BCUT2D eigenvalue weighted by molar-refractivity contribution is 6.36. The maximum atomic E-state index is 11.4. The zero-order chi connectivity index (χ0) is 22.3. The van der Waals surface area contributed by atoms with Crippen molar-refractivity contribution in [3.63, 3.8) is 0 Å². The molecule has 31 heavy (non-hydrogen) atoms. The predicted octanol–water partition coefficient (Wildman–Crippen LogP) is 7.47. The van der Waals surface area contributed by atoms with Crippen LogP contribution in [0.2, 0.25) is 15.1 Å². The van der Waals surface area contributed by atoms with Crippen molar-refractivity contribution in [1.29, 1.82) is 0 Å². The number of nitrogens with zero attached hydrogens (tertiary/aromatic N) is 1. The van der Waals surface area contributed by atoms with Gasteiger partial charge in [0.1, 0.15) is 12.0 Å². The number of nitrogens with two attached hydrogens (primary N) is 1. The molecule has 2 heterocycles. The summed E-state index contributed by atoms with van der Waals surface area (Å²) in [4.78, 5) is 16.2. The van der Waals surface area contributed by atoms with Crippen LogP contribution in [0.3, 0.4) is 0 Å². The van der Waals surface area contributed by atoms with Gasteiger partial charge in [-0.3, -0.25) is 0 Å². The third kappa shape index (κ3) is 4.29. The number of aldehydes is 1. The second-order valence-electron chi connectivity index (χ2n) is 8.09. The first kappa shape index (κ1) is 21.7. The van der Waals surface area contributed by atoms with Gasteiger partial charge in [-0.05, 0) is 42.0 Å². The maximum absolute atomic E-state index is 11.4. The fourth-order valence-electron chi connectivity index (χ4n) is 3.41. The van der Waals surface area contributed by atoms with E-state index in [9.17, 15) is 4.79 Å². The number of carbonyl (C=O) groups excluding carboxylic acids is 1. The smallest absolute Gasteiger partial charge is 0.229 e. The van der Waals surface area contributed by atoms with Gasteiger partial charge in [0.05, 0.1) is 21.8 Å². The molecular formula is C24H19Cl3N2O2. The Kier molecular flexibility index (Phi) is 5.73. The number of furan rings is 1. The number of carbonyl (C=O) groups is 1. The molecule has 0 spiro atoms.